The van der Waals surface area contributed by atoms with E-state index in [-0.39, 0.29) is 11.8 Å². The quantitative estimate of drug-likeness (QED) is 0.738. The van der Waals surface area contributed by atoms with Gasteiger partial charge in [0.05, 0.1) is 18.2 Å². The van der Waals surface area contributed by atoms with Crippen molar-refractivity contribution < 1.29 is 4.79 Å². The van der Waals surface area contributed by atoms with Gasteiger partial charge < -0.3 is 10.2 Å². The van der Waals surface area contributed by atoms with Crippen LogP contribution in [-0.4, -0.2) is 64.7 Å². The van der Waals surface area contributed by atoms with Crippen molar-refractivity contribution in [3.8, 4) is 0 Å². The smallest absolute Gasteiger partial charge is 0.224 e. The Labute approximate surface area is 180 Å². The molecule has 1 aromatic carbocycles. The molecule has 3 heterocycles. The van der Waals surface area contributed by atoms with Crippen LogP contribution in [0.15, 0.2) is 36.4 Å². The topological polar surface area (TPSA) is 64.3 Å². The third kappa shape index (κ3) is 5.70. The highest BCUT2D eigenvalue weighted by Gasteiger charge is 2.31. The van der Waals surface area contributed by atoms with Gasteiger partial charge in [-0.2, -0.15) is 5.10 Å². The average molecular weight is 410 g/mol. The van der Waals surface area contributed by atoms with Gasteiger partial charge in [-0.15, -0.1) is 0 Å². The molecule has 4 rings (SSSR count). The van der Waals surface area contributed by atoms with E-state index in [0.29, 0.717) is 12.6 Å². The molecular weight excluding hydrogens is 374 g/mol. The fraction of sp³-hybridized carbons (Fsp3) is 0.583. The van der Waals surface area contributed by atoms with E-state index in [2.05, 4.69) is 55.6 Å². The summed E-state index contributed by atoms with van der Waals surface area (Å²) in [5.41, 5.74) is 3.35. The number of amides is 1. The number of aryl methyl sites for hydroxylation is 1. The molecule has 162 valence electrons. The zero-order chi connectivity index (χ0) is 20.8. The monoisotopic (exact) mass is 409 g/mol. The highest BCUT2D eigenvalue weighted by Crippen LogP contribution is 2.24. The summed E-state index contributed by atoms with van der Waals surface area (Å²) in [6.45, 7) is 8.02. The Hall–Kier alpha value is -2.18. The number of carbonyl (C=O) groups is 1. The van der Waals surface area contributed by atoms with Gasteiger partial charge in [-0.25, -0.2) is 0 Å². The van der Waals surface area contributed by atoms with Gasteiger partial charge in [0.2, 0.25) is 5.91 Å². The Bertz CT molecular complexity index is 797. The molecule has 2 N–H and O–H groups in total. The van der Waals surface area contributed by atoms with E-state index in [1.165, 1.54) is 31.5 Å². The highest BCUT2D eigenvalue weighted by atomic mass is 16.1. The normalized spacial score (nSPS) is 21.6. The summed E-state index contributed by atoms with van der Waals surface area (Å²) in [6.07, 6.45) is 5.68. The van der Waals surface area contributed by atoms with Crippen LogP contribution < -0.4 is 5.32 Å². The van der Waals surface area contributed by atoms with Gasteiger partial charge >= 0.3 is 0 Å². The van der Waals surface area contributed by atoms with E-state index in [1.807, 2.05) is 13.0 Å². The number of hydrogen-bond acceptors (Lipinski definition) is 4. The number of hydrogen-bond donors (Lipinski definition) is 2. The van der Waals surface area contributed by atoms with Crippen molar-refractivity contribution in [3.63, 3.8) is 0 Å². The van der Waals surface area contributed by atoms with Crippen molar-refractivity contribution in [1.29, 1.82) is 0 Å². The SMILES string of the molecule is Cc1cc(CNC(=O)[C@H]2CCCN(C3CCN(CCc4ccccc4)CC3)C2)n[nH]1. The molecule has 6 nitrogen and oxygen atoms in total. The van der Waals surface area contributed by atoms with E-state index in [9.17, 15) is 4.79 Å². The van der Waals surface area contributed by atoms with Crippen LogP contribution in [0.4, 0.5) is 0 Å². The molecule has 0 radical (unpaired) electrons. The van der Waals surface area contributed by atoms with Gasteiger partial charge in [0.25, 0.3) is 0 Å². The number of H-pyrrole nitrogens is 1. The molecule has 0 unspecified atom stereocenters. The molecule has 2 saturated heterocycles. The van der Waals surface area contributed by atoms with Crippen molar-refractivity contribution in [2.24, 2.45) is 5.92 Å². The minimum atomic E-state index is 0.106. The molecule has 0 bridgehead atoms. The van der Waals surface area contributed by atoms with Crippen molar-refractivity contribution in [2.45, 2.75) is 51.6 Å². The van der Waals surface area contributed by atoms with Crippen molar-refractivity contribution in [2.75, 3.05) is 32.7 Å². The maximum atomic E-state index is 12.7. The van der Waals surface area contributed by atoms with E-state index in [4.69, 9.17) is 0 Å². The van der Waals surface area contributed by atoms with E-state index in [0.717, 1.165) is 50.3 Å². The molecule has 6 heteroatoms. The second-order valence-corrected chi connectivity index (χ2v) is 8.90. The maximum absolute atomic E-state index is 12.7. The number of nitrogens with zero attached hydrogens (tertiary/aromatic N) is 3. The van der Waals surface area contributed by atoms with Crippen LogP contribution in [-0.2, 0) is 17.8 Å². The third-order valence-electron chi connectivity index (χ3n) is 6.66. The van der Waals surface area contributed by atoms with E-state index < -0.39 is 0 Å². The first-order valence-electron chi connectivity index (χ1n) is 11.5. The number of rotatable bonds is 7. The molecule has 1 amide bonds. The van der Waals surface area contributed by atoms with Crippen LogP contribution in [0, 0.1) is 12.8 Å². The van der Waals surface area contributed by atoms with Gasteiger partial charge in [0, 0.05) is 24.8 Å². The number of aromatic amines is 1. The lowest BCUT2D eigenvalue weighted by Gasteiger charge is -2.42. The largest absolute Gasteiger partial charge is 0.350 e. The van der Waals surface area contributed by atoms with Crippen molar-refractivity contribution >= 4 is 5.91 Å². The molecule has 30 heavy (non-hydrogen) atoms. The van der Waals surface area contributed by atoms with Gasteiger partial charge in [0.1, 0.15) is 0 Å². The van der Waals surface area contributed by atoms with Gasteiger partial charge in [-0.05, 0) is 70.3 Å². The predicted molar refractivity (Wildman–Crippen MR) is 119 cm³/mol. The minimum Gasteiger partial charge on any atom is -0.350 e. The second kappa shape index (κ2) is 10.2. The molecule has 1 aromatic heterocycles. The fourth-order valence-electron chi connectivity index (χ4n) is 4.88. The van der Waals surface area contributed by atoms with Gasteiger partial charge in [0.15, 0.2) is 0 Å². The number of nitrogens with one attached hydrogen (secondary N) is 2. The molecule has 0 aliphatic carbocycles. The molecule has 0 saturated carbocycles. The zero-order valence-corrected chi connectivity index (χ0v) is 18.1. The summed E-state index contributed by atoms with van der Waals surface area (Å²) >= 11 is 0. The van der Waals surface area contributed by atoms with Crippen LogP contribution in [0.5, 0.6) is 0 Å². The highest BCUT2D eigenvalue weighted by molar-refractivity contribution is 5.78. The lowest BCUT2D eigenvalue weighted by molar-refractivity contribution is -0.127. The Morgan fingerprint density at radius 3 is 2.70 bits per heavy atom. The summed E-state index contributed by atoms with van der Waals surface area (Å²) in [5.74, 6) is 0.288. The third-order valence-corrected chi connectivity index (χ3v) is 6.66. The maximum Gasteiger partial charge on any atom is 0.224 e. The Morgan fingerprint density at radius 1 is 1.17 bits per heavy atom. The predicted octanol–water partition coefficient (Wildman–Crippen LogP) is 2.75. The summed E-state index contributed by atoms with van der Waals surface area (Å²) in [7, 11) is 0. The Morgan fingerprint density at radius 2 is 1.97 bits per heavy atom. The van der Waals surface area contributed by atoms with E-state index >= 15 is 0 Å². The summed E-state index contributed by atoms with van der Waals surface area (Å²) in [5, 5.41) is 10.2. The second-order valence-electron chi connectivity index (χ2n) is 8.90. The number of benzene rings is 1. The van der Waals surface area contributed by atoms with Crippen molar-refractivity contribution in [3.05, 3.63) is 53.3 Å². The summed E-state index contributed by atoms with van der Waals surface area (Å²) in [6, 6.07) is 13.4. The molecule has 2 aromatic rings. The number of carbonyl (C=O) groups excluding carboxylic acids is 1. The molecule has 2 aliphatic heterocycles. The number of likely N-dealkylation sites (tertiary alicyclic amines) is 2. The Balaban J connectivity index is 1.19. The molecule has 0 spiro atoms. The summed E-state index contributed by atoms with van der Waals surface area (Å²) < 4.78 is 0. The number of aromatic nitrogens is 2. The molecule has 1 atom stereocenters. The lowest BCUT2D eigenvalue weighted by Crippen LogP contribution is -2.50. The Kier molecular flexibility index (Phi) is 7.18. The van der Waals surface area contributed by atoms with Crippen LogP contribution in [0.2, 0.25) is 0 Å². The first-order valence-corrected chi connectivity index (χ1v) is 11.5. The van der Waals surface area contributed by atoms with Gasteiger partial charge in [-0.3, -0.25) is 14.8 Å². The average Bonchev–Trinajstić information content (AvgIpc) is 3.22. The van der Waals surface area contributed by atoms with Gasteiger partial charge in [-0.1, -0.05) is 30.3 Å². The lowest BCUT2D eigenvalue weighted by atomic mass is 9.93. The molecular formula is C24H35N5O. The summed E-state index contributed by atoms with van der Waals surface area (Å²) in [4.78, 5) is 17.9. The van der Waals surface area contributed by atoms with Crippen LogP contribution in [0.25, 0.3) is 0 Å². The first-order chi connectivity index (χ1) is 14.7. The standard InChI is InChI=1S/C24H35N5O/c1-19-16-22(27-26-19)17-25-24(30)21-8-5-12-29(18-21)23-10-14-28(15-11-23)13-9-20-6-3-2-4-7-20/h2-4,6-7,16,21,23H,5,8-15,17-18H2,1H3,(H,25,30)(H,26,27)/t21-/m0/s1. The first kappa shape index (κ1) is 21.1. The van der Waals surface area contributed by atoms with E-state index in [1.54, 1.807) is 0 Å². The molecule has 2 fully saturated rings. The van der Waals surface area contributed by atoms with Crippen molar-refractivity contribution in [1.82, 2.24) is 25.3 Å². The van der Waals surface area contributed by atoms with Crippen LogP contribution in [0.3, 0.4) is 0 Å². The van der Waals surface area contributed by atoms with Crippen LogP contribution >= 0.6 is 0 Å². The zero-order valence-electron chi connectivity index (χ0n) is 18.1. The minimum absolute atomic E-state index is 0.106. The van der Waals surface area contributed by atoms with Crippen LogP contribution in [0.1, 0.15) is 42.6 Å². The molecule has 2 aliphatic rings. The fourth-order valence-corrected chi connectivity index (χ4v) is 4.88. The number of piperidine rings is 2.